The summed E-state index contributed by atoms with van der Waals surface area (Å²) in [6.07, 6.45) is 3.36. The average molecular weight is 315 g/mol. The van der Waals surface area contributed by atoms with E-state index in [1.54, 1.807) is 10.5 Å². The number of carbonyl (C=O) groups excluding carboxylic acids is 1. The summed E-state index contributed by atoms with van der Waals surface area (Å²) in [5.74, 6) is -4.72. The quantitative estimate of drug-likeness (QED) is 0.796. The van der Waals surface area contributed by atoms with Crippen molar-refractivity contribution in [2.75, 3.05) is 5.32 Å². The molecule has 0 aliphatic carbocycles. The van der Waals surface area contributed by atoms with Gasteiger partial charge in [-0.05, 0) is 30.2 Å². The van der Waals surface area contributed by atoms with Crippen LogP contribution in [0.15, 0.2) is 48.8 Å². The van der Waals surface area contributed by atoms with Gasteiger partial charge in [-0.15, -0.1) is 0 Å². The van der Waals surface area contributed by atoms with Crippen LogP contribution in [0.1, 0.15) is 12.5 Å². The van der Waals surface area contributed by atoms with Gasteiger partial charge in [-0.1, -0.05) is 29.8 Å². The maximum absolute atomic E-state index is 12.9. The molecule has 0 bridgehead atoms. The molecular formula is C17H15F2N3O. The van der Waals surface area contributed by atoms with Crippen LogP contribution in [0.3, 0.4) is 0 Å². The van der Waals surface area contributed by atoms with Crippen LogP contribution in [0.25, 0.3) is 16.8 Å². The van der Waals surface area contributed by atoms with Crippen molar-refractivity contribution in [2.24, 2.45) is 0 Å². The monoisotopic (exact) mass is 315 g/mol. The Labute approximate surface area is 131 Å². The number of fused-ring (bicyclic) bond motifs is 1. The number of carbonyl (C=O) groups is 1. The molecule has 0 radical (unpaired) electrons. The fourth-order valence-corrected chi connectivity index (χ4v) is 2.27. The number of aromatic nitrogens is 2. The smallest absolute Gasteiger partial charge is 0.304 e. The zero-order valence-electron chi connectivity index (χ0n) is 12.7. The van der Waals surface area contributed by atoms with Gasteiger partial charge in [0, 0.05) is 13.1 Å². The van der Waals surface area contributed by atoms with Crippen LogP contribution in [0.4, 0.5) is 14.6 Å². The molecule has 0 aliphatic rings. The third-order valence-corrected chi connectivity index (χ3v) is 3.44. The molecule has 23 heavy (non-hydrogen) atoms. The van der Waals surface area contributed by atoms with E-state index in [2.05, 4.69) is 16.4 Å². The summed E-state index contributed by atoms with van der Waals surface area (Å²) in [5, 5.41) is 2.12. The van der Waals surface area contributed by atoms with E-state index in [4.69, 9.17) is 0 Å². The van der Waals surface area contributed by atoms with E-state index in [1.807, 2.05) is 37.4 Å². The molecule has 118 valence electrons. The second-order valence-electron chi connectivity index (χ2n) is 5.52. The maximum atomic E-state index is 12.9. The van der Waals surface area contributed by atoms with Crippen LogP contribution in [0.5, 0.6) is 0 Å². The summed E-state index contributed by atoms with van der Waals surface area (Å²) >= 11 is 0. The Bertz CT molecular complexity index is 881. The maximum Gasteiger partial charge on any atom is 0.322 e. The molecule has 3 rings (SSSR count). The zero-order chi connectivity index (χ0) is 16.6. The number of amides is 1. The van der Waals surface area contributed by atoms with E-state index in [9.17, 15) is 13.6 Å². The van der Waals surface area contributed by atoms with E-state index in [1.165, 1.54) is 6.20 Å². The van der Waals surface area contributed by atoms with Crippen molar-refractivity contribution in [1.29, 1.82) is 0 Å². The summed E-state index contributed by atoms with van der Waals surface area (Å²) < 4.78 is 27.6. The Hall–Kier alpha value is -2.76. The molecule has 2 heterocycles. The van der Waals surface area contributed by atoms with Gasteiger partial charge in [-0.25, -0.2) is 4.98 Å². The summed E-state index contributed by atoms with van der Waals surface area (Å²) in [7, 11) is 0. The van der Waals surface area contributed by atoms with Crippen LogP contribution < -0.4 is 5.32 Å². The normalized spacial score (nSPS) is 11.7. The largest absolute Gasteiger partial charge is 0.322 e. The van der Waals surface area contributed by atoms with Gasteiger partial charge in [-0.3, -0.25) is 4.79 Å². The third-order valence-electron chi connectivity index (χ3n) is 3.44. The first-order valence-electron chi connectivity index (χ1n) is 7.08. The third kappa shape index (κ3) is 3.21. The molecule has 0 atom stereocenters. The predicted molar refractivity (Wildman–Crippen MR) is 84.6 cm³/mol. The molecule has 0 spiro atoms. The van der Waals surface area contributed by atoms with Gasteiger partial charge >= 0.3 is 5.92 Å². The van der Waals surface area contributed by atoms with Crippen LogP contribution in [0.2, 0.25) is 0 Å². The van der Waals surface area contributed by atoms with Gasteiger partial charge in [0.2, 0.25) is 0 Å². The minimum atomic E-state index is -3.44. The number of hydrogen-bond acceptors (Lipinski definition) is 2. The van der Waals surface area contributed by atoms with Crippen LogP contribution in [0, 0.1) is 6.92 Å². The topological polar surface area (TPSA) is 46.4 Å². The summed E-state index contributed by atoms with van der Waals surface area (Å²) in [5.41, 5.74) is 3.73. The number of aryl methyl sites for hydroxylation is 1. The van der Waals surface area contributed by atoms with Gasteiger partial charge in [0.25, 0.3) is 5.91 Å². The number of anilines is 1. The van der Waals surface area contributed by atoms with Crippen LogP contribution in [-0.4, -0.2) is 21.2 Å². The number of halogens is 2. The Morgan fingerprint density at radius 1 is 1.17 bits per heavy atom. The Kier molecular flexibility index (Phi) is 3.60. The number of benzene rings is 1. The molecule has 1 N–H and O–H groups in total. The Morgan fingerprint density at radius 2 is 1.96 bits per heavy atom. The highest BCUT2D eigenvalue weighted by Crippen LogP contribution is 2.22. The fraction of sp³-hybridized carbons (Fsp3) is 0.176. The second-order valence-corrected chi connectivity index (χ2v) is 5.52. The lowest BCUT2D eigenvalue weighted by Gasteiger charge is -2.07. The highest BCUT2D eigenvalue weighted by Gasteiger charge is 2.32. The van der Waals surface area contributed by atoms with Gasteiger partial charge in [0.15, 0.2) is 5.82 Å². The van der Waals surface area contributed by atoms with Crippen molar-refractivity contribution >= 4 is 17.4 Å². The number of hydrogen-bond donors (Lipinski definition) is 1. The number of pyridine rings is 1. The van der Waals surface area contributed by atoms with Gasteiger partial charge in [0.1, 0.15) is 5.65 Å². The first-order valence-corrected chi connectivity index (χ1v) is 7.08. The molecule has 0 unspecified atom stereocenters. The molecule has 2 aromatic heterocycles. The van der Waals surface area contributed by atoms with Crippen LogP contribution >= 0.6 is 0 Å². The molecule has 1 aromatic carbocycles. The molecule has 0 fully saturated rings. The van der Waals surface area contributed by atoms with Gasteiger partial charge < -0.3 is 9.72 Å². The molecule has 3 aromatic rings. The van der Waals surface area contributed by atoms with Crippen molar-refractivity contribution < 1.29 is 13.6 Å². The number of nitrogens with one attached hydrogen (secondary N) is 1. The molecule has 0 saturated heterocycles. The lowest BCUT2D eigenvalue weighted by atomic mass is 10.1. The van der Waals surface area contributed by atoms with E-state index in [0.717, 1.165) is 16.7 Å². The summed E-state index contributed by atoms with van der Waals surface area (Å²) in [6.45, 7) is 2.56. The number of rotatable bonds is 3. The minimum Gasteiger partial charge on any atom is -0.304 e. The Balaban J connectivity index is 1.94. The zero-order valence-corrected chi connectivity index (χ0v) is 12.7. The van der Waals surface area contributed by atoms with Crippen molar-refractivity contribution in [1.82, 2.24) is 9.38 Å². The number of alkyl halides is 2. The van der Waals surface area contributed by atoms with E-state index in [-0.39, 0.29) is 5.82 Å². The lowest BCUT2D eigenvalue weighted by Crippen LogP contribution is -2.31. The van der Waals surface area contributed by atoms with Crippen LogP contribution in [-0.2, 0) is 4.79 Å². The second kappa shape index (κ2) is 5.46. The summed E-state index contributed by atoms with van der Waals surface area (Å²) in [6, 6.07) is 11.7. The van der Waals surface area contributed by atoms with E-state index >= 15 is 0 Å². The predicted octanol–water partition coefficient (Wildman–Crippen LogP) is 3.90. The lowest BCUT2D eigenvalue weighted by molar-refractivity contribution is -0.137. The van der Waals surface area contributed by atoms with E-state index in [0.29, 0.717) is 12.6 Å². The van der Waals surface area contributed by atoms with Gasteiger partial charge in [0.05, 0.1) is 6.20 Å². The molecular weight excluding hydrogens is 300 g/mol. The molecule has 1 amide bonds. The summed E-state index contributed by atoms with van der Waals surface area (Å²) in [4.78, 5) is 15.4. The average Bonchev–Trinajstić information content (AvgIpc) is 2.87. The van der Waals surface area contributed by atoms with Crippen molar-refractivity contribution in [3.63, 3.8) is 0 Å². The first kappa shape index (κ1) is 15.1. The number of imidazole rings is 1. The van der Waals surface area contributed by atoms with Crippen molar-refractivity contribution in [3.8, 4) is 11.1 Å². The SMILES string of the molecule is Cc1cccc(-c2ccc3nc(NC(=O)C(C)(F)F)cn3c2)c1. The number of nitrogens with zero attached hydrogens (tertiary/aromatic N) is 2. The standard InChI is InChI=1S/C17H15F2N3O/c1-11-4-3-5-12(8-11)13-6-7-15-20-14(10-22(15)9-13)21-16(23)17(2,18)19/h3-10H,1-2H3,(H,21,23). The van der Waals surface area contributed by atoms with Crippen molar-refractivity contribution in [2.45, 2.75) is 19.8 Å². The highest BCUT2D eigenvalue weighted by molar-refractivity contribution is 5.95. The fourth-order valence-electron chi connectivity index (χ4n) is 2.27. The Morgan fingerprint density at radius 3 is 2.65 bits per heavy atom. The van der Waals surface area contributed by atoms with Gasteiger partial charge in [-0.2, -0.15) is 8.78 Å². The first-order chi connectivity index (χ1) is 10.8. The van der Waals surface area contributed by atoms with E-state index < -0.39 is 11.8 Å². The molecule has 6 heteroatoms. The molecule has 0 aliphatic heterocycles. The molecule has 4 nitrogen and oxygen atoms in total. The molecule has 0 saturated carbocycles. The highest BCUT2D eigenvalue weighted by atomic mass is 19.3. The minimum absolute atomic E-state index is 0.0953. The van der Waals surface area contributed by atoms with Crippen molar-refractivity contribution in [3.05, 3.63) is 54.4 Å².